The van der Waals surface area contributed by atoms with Crippen molar-refractivity contribution < 1.29 is 0 Å². The smallest absolute Gasteiger partial charge is 0.160 e. The molecule has 0 N–H and O–H groups in total. The highest BCUT2D eigenvalue weighted by atomic mass is 35.5. The maximum absolute atomic E-state index is 6.50. The van der Waals surface area contributed by atoms with E-state index in [-0.39, 0.29) is 0 Å². The molecule has 1 unspecified atom stereocenters. The second-order valence-electron chi connectivity index (χ2n) is 6.45. The van der Waals surface area contributed by atoms with Crippen LogP contribution in [-0.2, 0) is 6.42 Å². The molecule has 138 valence electrons. The van der Waals surface area contributed by atoms with Gasteiger partial charge in [0.2, 0.25) is 0 Å². The minimum atomic E-state index is 0.422. The summed E-state index contributed by atoms with van der Waals surface area (Å²) in [5.41, 5.74) is 5.18. The summed E-state index contributed by atoms with van der Waals surface area (Å²) in [5.74, 6) is 0.422. The van der Waals surface area contributed by atoms with Crippen molar-refractivity contribution in [1.29, 1.82) is 0 Å². The Hall–Kier alpha value is -1.23. The molecule has 0 radical (unpaired) electrons. The summed E-state index contributed by atoms with van der Waals surface area (Å²) < 4.78 is 1.95. The normalized spacial score (nSPS) is 12.7. The number of aromatic nitrogens is 3. The van der Waals surface area contributed by atoms with Gasteiger partial charge in [-0.3, -0.25) is 0 Å². The van der Waals surface area contributed by atoms with Gasteiger partial charge in [0.1, 0.15) is 5.03 Å². The summed E-state index contributed by atoms with van der Waals surface area (Å²) in [4.78, 5) is 4.89. The van der Waals surface area contributed by atoms with E-state index in [0.717, 1.165) is 46.9 Å². The lowest BCUT2D eigenvalue weighted by atomic mass is 9.95. The van der Waals surface area contributed by atoms with Gasteiger partial charge in [0.15, 0.2) is 5.65 Å². The molecule has 0 saturated heterocycles. The van der Waals surface area contributed by atoms with Gasteiger partial charge in [-0.25, -0.2) is 9.50 Å². The molecule has 2 aromatic heterocycles. The van der Waals surface area contributed by atoms with Crippen LogP contribution in [0.3, 0.4) is 0 Å². The second kappa shape index (κ2) is 8.20. The number of aryl methyl sites for hydroxylation is 1. The molecule has 0 fully saturated rings. The molecule has 6 heteroatoms. The molecule has 3 rings (SSSR count). The highest BCUT2D eigenvalue weighted by Gasteiger charge is 2.22. The molecule has 0 amide bonds. The van der Waals surface area contributed by atoms with Crippen molar-refractivity contribution in [2.75, 3.05) is 6.26 Å². The number of nitrogens with zero attached hydrogens (tertiary/aromatic N) is 3. The Labute approximate surface area is 169 Å². The Morgan fingerprint density at radius 3 is 2.58 bits per heavy atom. The van der Waals surface area contributed by atoms with Crippen molar-refractivity contribution in [2.45, 2.75) is 51.0 Å². The summed E-state index contributed by atoms with van der Waals surface area (Å²) in [7, 11) is 0. The van der Waals surface area contributed by atoms with Gasteiger partial charge < -0.3 is 0 Å². The minimum absolute atomic E-state index is 0.422. The molecular weight excluding hydrogens is 385 g/mol. The number of hydrogen-bond donors (Lipinski definition) is 0. The van der Waals surface area contributed by atoms with Crippen LogP contribution < -0.4 is 0 Å². The summed E-state index contributed by atoms with van der Waals surface area (Å²) >= 11 is 14.2. The van der Waals surface area contributed by atoms with Crippen molar-refractivity contribution in [3.05, 3.63) is 45.6 Å². The second-order valence-corrected chi connectivity index (χ2v) is 8.12. The third kappa shape index (κ3) is 3.60. The van der Waals surface area contributed by atoms with E-state index >= 15 is 0 Å². The first-order valence-electron chi connectivity index (χ1n) is 8.92. The van der Waals surface area contributed by atoms with E-state index in [2.05, 4.69) is 20.8 Å². The highest BCUT2D eigenvalue weighted by Crippen LogP contribution is 2.35. The first-order valence-corrected chi connectivity index (χ1v) is 10.9. The number of thioether (sulfide) groups is 1. The lowest BCUT2D eigenvalue weighted by Crippen LogP contribution is -2.00. The van der Waals surface area contributed by atoms with Crippen LogP contribution in [0.4, 0.5) is 0 Å². The van der Waals surface area contributed by atoms with Crippen LogP contribution in [0.1, 0.15) is 50.8 Å². The molecule has 0 aliphatic heterocycles. The van der Waals surface area contributed by atoms with Crippen LogP contribution in [0.2, 0.25) is 10.0 Å². The van der Waals surface area contributed by atoms with Gasteiger partial charge in [-0.2, -0.15) is 5.10 Å². The fourth-order valence-corrected chi connectivity index (χ4v) is 4.30. The number of benzene rings is 1. The SMILES string of the molecule is CCCC(C)c1c(CC)nn2c(-c3ccc(Cl)cc3Cl)cc(SC)nc12. The van der Waals surface area contributed by atoms with Gasteiger partial charge in [0.25, 0.3) is 0 Å². The largest absolute Gasteiger partial charge is 0.222 e. The van der Waals surface area contributed by atoms with Crippen LogP contribution in [0.15, 0.2) is 29.3 Å². The van der Waals surface area contributed by atoms with Crippen LogP contribution in [0.5, 0.6) is 0 Å². The zero-order valence-electron chi connectivity index (χ0n) is 15.5. The first kappa shape index (κ1) is 19.5. The van der Waals surface area contributed by atoms with Crippen molar-refractivity contribution in [2.24, 2.45) is 0 Å². The lowest BCUT2D eigenvalue weighted by Gasteiger charge is -2.12. The van der Waals surface area contributed by atoms with Gasteiger partial charge >= 0.3 is 0 Å². The Balaban J connectivity index is 2.33. The standard InChI is InChI=1S/C20H23Cl2N3S/c1-5-7-12(3)19-16(6-2)24-25-17(11-18(26-4)23-20(19)25)14-9-8-13(21)10-15(14)22/h8-12H,5-7H2,1-4H3. The molecule has 1 atom stereocenters. The topological polar surface area (TPSA) is 30.2 Å². The maximum Gasteiger partial charge on any atom is 0.160 e. The van der Waals surface area contributed by atoms with Crippen LogP contribution in [-0.4, -0.2) is 20.9 Å². The highest BCUT2D eigenvalue weighted by molar-refractivity contribution is 7.98. The van der Waals surface area contributed by atoms with E-state index in [9.17, 15) is 0 Å². The van der Waals surface area contributed by atoms with Crippen molar-refractivity contribution in [3.63, 3.8) is 0 Å². The Bertz CT molecular complexity index is 936. The maximum atomic E-state index is 6.50. The fraction of sp³-hybridized carbons (Fsp3) is 0.400. The van der Waals surface area contributed by atoms with E-state index in [4.69, 9.17) is 33.3 Å². The summed E-state index contributed by atoms with van der Waals surface area (Å²) in [5, 5.41) is 7.11. The number of rotatable bonds is 6. The third-order valence-corrected chi connectivity index (χ3v) is 5.82. The van der Waals surface area contributed by atoms with Crippen molar-refractivity contribution >= 4 is 40.6 Å². The summed E-state index contributed by atoms with van der Waals surface area (Å²) in [6.45, 7) is 6.63. The predicted molar refractivity (Wildman–Crippen MR) is 113 cm³/mol. The number of hydrogen-bond acceptors (Lipinski definition) is 3. The zero-order chi connectivity index (χ0) is 18.8. The molecule has 0 spiro atoms. The van der Waals surface area contributed by atoms with E-state index < -0.39 is 0 Å². The van der Waals surface area contributed by atoms with Gasteiger partial charge in [-0.15, -0.1) is 11.8 Å². The quantitative estimate of drug-likeness (QED) is 0.329. The summed E-state index contributed by atoms with van der Waals surface area (Å²) in [6.07, 6.45) is 5.18. The molecule has 26 heavy (non-hydrogen) atoms. The van der Waals surface area contributed by atoms with E-state index in [1.807, 2.05) is 29.0 Å². The Morgan fingerprint density at radius 1 is 1.19 bits per heavy atom. The van der Waals surface area contributed by atoms with Crippen molar-refractivity contribution in [1.82, 2.24) is 14.6 Å². The average molecular weight is 408 g/mol. The van der Waals surface area contributed by atoms with Crippen molar-refractivity contribution in [3.8, 4) is 11.3 Å². The van der Waals surface area contributed by atoms with Crippen LogP contribution in [0, 0.1) is 0 Å². The Kier molecular flexibility index (Phi) is 6.16. The minimum Gasteiger partial charge on any atom is -0.222 e. The number of halogens is 2. The lowest BCUT2D eigenvalue weighted by molar-refractivity contribution is 0.661. The average Bonchev–Trinajstić information content (AvgIpc) is 3.00. The number of fused-ring (bicyclic) bond motifs is 1. The molecular formula is C20H23Cl2N3S. The van der Waals surface area contributed by atoms with Gasteiger partial charge in [-0.05, 0) is 49.3 Å². The van der Waals surface area contributed by atoms with Gasteiger partial charge in [0.05, 0.1) is 16.4 Å². The molecule has 1 aromatic carbocycles. The molecule has 0 aliphatic carbocycles. The molecule has 3 aromatic rings. The van der Waals surface area contributed by atoms with Crippen LogP contribution in [0.25, 0.3) is 16.9 Å². The zero-order valence-corrected chi connectivity index (χ0v) is 17.8. The van der Waals surface area contributed by atoms with Gasteiger partial charge in [-0.1, -0.05) is 50.4 Å². The molecule has 0 aliphatic rings. The van der Waals surface area contributed by atoms with E-state index in [0.29, 0.717) is 16.0 Å². The van der Waals surface area contributed by atoms with E-state index in [1.165, 1.54) is 5.56 Å². The molecule has 2 heterocycles. The molecule has 3 nitrogen and oxygen atoms in total. The molecule has 0 bridgehead atoms. The van der Waals surface area contributed by atoms with Crippen LogP contribution >= 0.6 is 35.0 Å². The molecule has 0 saturated carbocycles. The predicted octanol–water partition coefficient (Wildman–Crippen LogP) is 6.89. The van der Waals surface area contributed by atoms with Gasteiger partial charge in [0, 0.05) is 16.1 Å². The third-order valence-electron chi connectivity index (χ3n) is 4.64. The first-order chi connectivity index (χ1) is 12.5. The Morgan fingerprint density at radius 2 is 1.96 bits per heavy atom. The monoisotopic (exact) mass is 407 g/mol. The fourth-order valence-electron chi connectivity index (χ4n) is 3.39. The van der Waals surface area contributed by atoms with E-state index in [1.54, 1.807) is 17.8 Å². The summed E-state index contributed by atoms with van der Waals surface area (Å²) in [6, 6.07) is 7.63.